The van der Waals surface area contributed by atoms with Gasteiger partial charge in [0.05, 0.1) is 18.2 Å². The molecular formula is C14H15ClN4O2S. The van der Waals surface area contributed by atoms with Crippen molar-refractivity contribution < 1.29 is 9.53 Å². The molecule has 0 aliphatic carbocycles. The van der Waals surface area contributed by atoms with E-state index in [9.17, 15) is 4.79 Å². The number of rotatable bonds is 4. The Balaban J connectivity index is 1.53. The largest absolute Gasteiger partial charge is 0.368 e. The summed E-state index contributed by atoms with van der Waals surface area (Å²) in [6.45, 7) is 2.28. The van der Waals surface area contributed by atoms with E-state index in [1.54, 1.807) is 29.7 Å². The number of amides is 1. The first kappa shape index (κ1) is 15.4. The number of hydrogen-bond donors (Lipinski definition) is 1. The SMILES string of the molecule is O=C(CN1CCO[C@@H](c2nccs2)C1)Nc1ccc(Cl)cn1. The zero-order valence-corrected chi connectivity index (χ0v) is 13.3. The summed E-state index contributed by atoms with van der Waals surface area (Å²) in [7, 11) is 0. The third kappa shape index (κ3) is 4.01. The Labute approximate surface area is 137 Å². The van der Waals surface area contributed by atoms with Crippen molar-refractivity contribution >= 4 is 34.7 Å². The van der Waals surface area contributed by atoms with Gasteiger partial charge < -0.3 is 10.1 Å². The Morgan fingerprint density at radius 1 is 1.50 bits per heavy atom. The number of thiazole rings is 1. The molecule has 22 heavy (non-hydrogen) atoms. The second-order valence-electron chi connectivity index (χ2n) is 4.87. The van der Waals surface area contributed by atoms with E-state index >= 15 is 0 Å². The van der Waals surface area contributed by atoms with Gasteiger partial charge in [0.25, 0.3) is 0 Å². The van der Waals surface area contributed by atoms with Crippen molar-refractivity contribution in [3.05, 3.63) is 39.9 Å². The predicted octanol–water partition coefficient (Wildman–Crippen LogP) is 2.20. The summed E-state index contributed by atoms with van der Waals surface area (Å²) >= 11 is 7.33. The molecule has 0 radical (unpaired) electrons. The van der Waals surface area contributed by atoms with Crippen LogP contribution in [-0.2, 0) is 9.53 Å². The molecule has 1 saturated heterocycles. The van der Waals surface area contributed by atoms with Gasteiger partial charge in [0.1, 0.15) is 16.9 Å². The number of hydrogen-bond acceptors (Lipinski definition) is 6. The predicted molar refractivity (Wildman–Crippen MR) is 85.1 cm³/mol. The molecular weight excluding hydrogens is 324 g/mol. The lowest BCUT2D eigenvalue weighted by atomic mass is 10.2. The lowest BCUT2D eigenvalue weighted by Gasteiger charge is -2.31. The fourth-order valence-electron chi connectivity index (χ4n) is 2.22. The minimum atomic E-state index is -0.102. The van der Waals surface area contributed by atoms with Crippen molar-refractivity contribution in [2.75, 3.05) is 31.6 Å². The van der Waals surface area contributed by atoms with Gasteiger partial charge in [0, 0.05) is 30.9 Å². The summed E-state index contributed by atoms with van der Waals surface area (Å²) in [6.07, 6.45) is 3.21. The molecule has 3 rings (SSSR count). The first-order chi connectivity index (χ1) is 10.7. The van der Waals surface area contributed by atoms with E-state index in [0.29, 0.717) is 30.5 Å². The number of pyridine rings is 1. The topological polar surface area (TPSA) is 67.4 Å². The highest BCUT2D eigenvalue weighted by Gasteiger charge is 2.25. The highest BCUT2D eigenvalue weighted by Crippen LogP contribution is 2.23. The van der Waals surface area contributed by atoms with E-state index in [-0.39, 0.29) is 12.0 Å². The van der Waals surface area contributed by atoms with Gasteiger partial charge in [-0.15, -0.1) is 11.3 Å². The molecule has 1 fully saturated rings. The van der Waals surface area contributed by atoms with Crippen LogP contribution in [0.4, 0.5) is 5.82 Å². The third-order valence-electron chi connectivity index (χ3n) is 3.24. The summed E-state index contributed by atoms with van der Waals surface area (Å²) in [5.74, 6) is 0.397. The van der Waals surface area contributed by atoms with Crippen LogP contribution in [0.3, 0.4) is 0 Å². The quantitative estimate of drug-likeness (QED) is 0.925. The second-order valence-corrected chi connectivity index (χ2v) is 6.24. The minimum absolute atomic E-state index is 0.0600. The maximum atomic E-state index is 12.1. The molecule has 2 aromatic heterocycles. The summed E-state index contributed by atoms with van der Waals surface area (Å²) in [5, 5.41) is 6.18. The highest BCUT2D eigenvalue weighted by atomic mass is 35.5. The zero-order valence-electron chi connectivity index (χ0n) is 11.7. The minimum Gasteiger partial charge on any atom is -0.368 e. The van der Waals surface area contributed by atoms with Crippen LogP contribution in [0.2, 0.25) is 5.02 Å². The molecule has 116 valence electrons. The molecule has 6 nitrogen and oxygen atoms in total. The van der Waals surface area contributed by atoms with Crippen LogP contribution in [0.15, 0.2) is 29.9 Å². The monoisotopic (exact) mass is 338 g/mol. The molecule has 0 aromatic carbocycles. The molecule has 0 bridgehead atoms. The van der Waals surface area contributed by atoms with E-state index in [0.717, 1.165) is 11.6 Å². The number of halogens is 1. The molecule has 1 amide bonds. The van der Waals surface area contributed by atoms with Crippen LogP contribution < -0.4 is 5.32 Å². The summed E-state index contributed by atoms with van der Waals surface area (Å²) in [6, 6.07) is 3.37. The van der Waals surface area contributed by atoms with Gasteiger partial charge in [-0.1, -0.05) is 11.6 Å². The Bertz CT molecular complexity index is 620. The van der Waals surface area contributed by atoms with Crippen LogP contribution in [0.1, 0.15) is 11.1 Å². The van der Waals surface area contributed by atoms with Crippen LogP contribution in [0, 0.1) is 0 Å². The Morgan fingerprint density at radius 2 is 2.41 bits per heavy atom. The first-order valence-corrected chi connectivity index (χ1v) is 8.11. The molecule has 1 aliphatic rings. The van der Waals surface area contributed by atoms with E-state index in [1.165, 1.54) is 6.20 Å². The average molecular weight is 339 g/mol. The third-order valence-corrected chi connectivity index (χ3v) is 4.33. The number of carbonyl (C=O) groups is 1. The normalized spacial score (nSPS) is 19.0. The number of aromatic nitrogens is 2. The van der Waals surface area contributed by atoms with Crippen molar-refractivity contribution in [2.45, 2.75) is 6.10 Å². The number of nitrogens with zero attached hydrogens (tertiary/aromatic N) is 3. The lowest BCUT2D eigenvalue weighted by molar-refractivity contribution is -0.119. The van der Waals surface area contributed by atoms with E-state index in [4.69, 9.17) is 16.3 Å². The van der Waals surface area contributed by atoms with Crippen molar-refractivity contribution in [3.8, 4) is 0 Å². The fourth-order valence-corrected chi connectivity index (χ4v) is 3.01. The summed E-state index contributed by atoms with van der Waals surface area (Å²) < 4.78 is 5.71. The summed E-state index contributed by atoms with van der Waals surface area (Å²) in [5.41, 5.74) is 0. The number of carbonyl (C=O) groups excluding carboxylic acids is 1. The second kappa shape index (κ2) is 7.15. The van der Waals surface area contributed by atoms with E-state index in [1.807, 2.05) is 5.38 Å². The molecule has 1 aliphatic heterocycles. The van der Waals surface area contributed by atoms with Crippen LogP contribution in [-0.4, -0.2) is 47.0 Å². The van der Waals surface area contributed by atoms with Gasteiger partial charge in [-0.2, -0.15) is 0 Å². The van der Waals surface area contributed by atoms with Crippen molar-refractivity contribution in [3.63, 3.8) is 0 Å². The average Bonchev–Trinajstić information content (AvgIpc) is 3.04. The molecule has 1 atom stereocenters. The van der Waals surface area contributed by atoms with E-state index < -0.39 is 0 Å². The fraction of sp³-hybridized carbons (Fsp3) is 0.357. The molecule has 0 unspecified atom stereocenters. The van der Waals surface area contributed by atoms with Gasteiger partial charge >= 0.3 is 0 Å². The number of nitrogens with one attached hydrogen (secondary N) is 1. The van der Waals surface area contributed by atoms with Crippen LogP contribution in [0.25, 0.3) is 0 Å². The van der Waals surface area contributed by atoms with Gasteiger partial charge in [-0.05, 0) is 12.1 Å². The smallest absolute Gasteiger partial charge is 0.239 e. The Morgan fingerprint density at radius 3 is 3.14 bits per heavy atom. The highest BCUT2D eigenvalue weighted by molar-refractivity contribution is 7.09. The number of ether oxygens (including phenoxy) is 1. The Hall–Kier alpha value is -1.54. The van der Waals surface area contributed by atoms with Crippen molar-refractivity contribution in [2.24, 2.45) is 0 Å². The van der Waals surface area contributed by atoms with Gasteiger partial charge in [0.15, 0.2) is 0 Å². The number of anilines is 1. The Kier molecular flexibility index (Phi) is 4.99. The van der Waals surface area contributed by atoms with Crippen molar-refractivity contribution in [1.29, 1.82) is 0 Å². The standard InChI is InChI=1S/C14H15ClN4O2S/c15-10-1-2-12(17-7-10)18-13(20)9-19-4-5-21-11(8-19)14-16-3-6-22-14/h1-3,6-7,11H,4-5,8-9H2,(H,17,18,20)/t11-/m1/s1. The molecule has 0 spiro atoms. The van der Waals surface area contributed by atoms with Crippen molar-refractivity contribution in [1.82, 2.24) is 14.9 Å². The first-order valence-electron chi connectivity index (χ1n) is 6.85. The zero-order chi connectivity index (χ0) is 15.4. The van der Waals surface area contributed by atoms with Gasteiger partial charge in [-0.3, -0.25) is 9.69 Å². The maximum absolute atomic E-state index is 12.1. The molecule has 8 heteroatoms. The van der Waals surface area contributed by atoms with Crippen LogP contribution >= 0.6 is 22.9 Å². The number of morpholine rings is 1. The maximum Gasteiger partial charge on any atom is 0.239 e. The molecule has 0 saturated carbocycles. The van der Waals surface area contributed by atoms with Crippen LogP contribution in [0.5, 0.6) is 0 Å². The molecule has 2 aromatic rings. The molecule has 1 N–H and O–H groups in total. The van der Waals surface area contributed by atoms with Gasteiger partial charge in [-0.25, -0.2) is 9.97 Å². The van der Waals surface area contributed by atoms with Gasteiger partial charge in [0.2, 0.25) is 5.91 Å². The molecule has 3 heterocycles. The van der Waals surface area contributed by atoms with E-state index in [2.05, 4.69) is 20.2 Å². The summed E-state index contributed by atoms with van der Waals surface area (Å²) in [4.78, 5) is 22.5. The lowest BCUT2D eigenvalue weighted by Crippen LogP contribution is -2.42.